The van der Waals surface area contributed by atoms with Crippen molar-refractivity contribution >= 4 is 45.5 Å². The minimum absolute atomic E-state index is 0.127. The Balaban J connectivity index is 2.18. The topological polar surface area (TPSA) is 49.3 Å². The second kappa shape index (κ2) is 5.05. The fraction of sp³-hybridized carbons (Fsp3) is 0.0833. The average molecular weight is 359 g/mol. The van der Waals surface area contributed by atoms with E-state index in [1.165, 1.54) is 11.3 Å². The molecule has 0 aliphatic rings. The number of rotatable bonds is 2. The molecule has 2 aromatic rings. The van der Waals surface area contributed by atoms with Crippen molar-refractivity contribution in [1.29, 1.82) is 0 Å². The second-order valence-corrected chi connectivity index (χ2v) is 6.40. The molecule has 2 N–H and O–H groups in total. The molecule has 17 heavy (non-hydrogen) atoms. The Labute approximate surface area is 117 Å². The highest BCUT2D eigenvalue weighted by Crippen LogP contribution is 2.22. The van der Waals surface area contributed by atoms with Gasteiger partial charge in [0.25, 0.3) is 5.91 Å². The van der Waals surface area contributed by atoms with Crippen molar-refractivity contribution in [1.82, 2.24) is 0 Å². The highest BCUT2D eigenvalue weighted by molar-refractivity contribution is 14.1. The zero-order chi connectivity index (χ0) is 12.4. The van der Waals surface area contributed by atoms with E-state index in [1.54, 1.807) is 18.2 Å². The van der Waals surface area contributed by atoms with E-state index >= 15 is 0 Å². The van der Waals surface area contributed by atoms with E-state index in [2.05, 4.69) is 27.9 Å². The molecule has 0 radical (unpaired) electrons. The molecule has 0 bridgehead atoms. The summed E-state index contributed by atoms with van der Waals surface area (Å²) in [4.78, 5) is 11.9. The smallest absolute Gasteiger partial charge is 0.256 e. The summed E-state index contributed by atoms with van der Waals surface area (Å²) in [6.45, 7) is 1.84. The van der Waals surface area contributed by atoms with Gasteiger partial charge in [0, 0.05) is 11.1 Å². The molecule has 2 rings (SSSR count). The molecule has 0 saturated heterocycles. The van der Waals surface area contributed by atoms with E-state index in [1.807, 2.05) is 18.4 Å². The predicted octanol–water partition coefficient (Wildman–Crippen LogP) is 3.62. The van der Waals surface area contributed by atoms with Crippen molar-refractivity contribution in [2.75, 3.05) is 5.32 Å². The summed E-state index contributed by atoms with van der Waals surface area (Å²) in [6, 6.07) is 6.71. The number of amides is 1. The summed E-state index contributed by atoms with van der Waals surface area (Å²) in [5.41, 5.74) is 2.21. The van der Waals surface area contributed by atoms with Crippen molar-refractivity contribution < 1.29 is 9.90 Å². The summed E-state index contributed by atoms with van der Waals surface area (Å²) >= 11 is 3.72. The Morgan fingerprint density at radius 3 is 2.76 bits per heavy atom. The van der Waals surface area contributed by atoms with E-state index in [4.69, 9.17) is 0 Å². The first-order valence-electron chi connectivity index (χ1n) is 4.91. The molecule has 1 aromatic heterocycles. The van der Waals surface area contributed by atoms with Crippen LogP contribution in [0, 0.1) is 9.81 Å². The molecule has 0 aliphatic heterocycles. The van der Waals surface area contributed by atoms with Gasteiger partial charge in [0.15, 0.2) is 0 Å². The molecular formula is C12H10INO2S. The fourth-order valence-corrected chi connectivity index (χ4v) is 2.74. The van der Waals surface area contributed by atoms with Crippen molar-refractivity contribution in [3.63, 3.8) is 0 Å². The number of nitrogens with one attached hydrogen (secondary N) is 1. The molecule has 0 saturated carbocycles. The number of phenols is 1. The molecule has 1 amide bonds. The van der Waals surface area contributed by atoms with E-state index < -0.39 is 0 Å². The van der Waals surface area contributed by atoms with Gasteiger partial charge in [-0.25, -0.2) is 0 Å². The summed E-state index contributed by atoms with van der Waals surface area (Å²) in [7, 11) is 0. The Morgan fingerprint density at radius 1 is 1.41 bits per heavy atom. The number of carbonyl (C=O) groups excluding carboxylic acids is 1. The monoisotopic (exact) mass is 359 g/mol. The Morgan fingerprint density at radius 2 is 2.18 bits per heavy atom. The maximum absolute atomic E-state index is 11.9. The molecule has 0 aliphatic carbocycles. The average Bonchev–Trinajstić information content (AvgIpc) is 2.69. The molecular weight excluding hydrogens is 349 g/mol. The van der Waals surface area contributed by atoms with E-state index in [0.717, 1.165) is 8.45 Å². The van der Waals surface area contributed by atoms with Crippen molar-refractivity contribution in [3.05, 3.63) is 43.7 Å². The molecule has 1 aromatic carbocycles. The van der Waals surface area contributed by atoms with Gasteiger partial charge >= 0.3 is 0 Å². The fourth-order valence-electron chi connectivity index (χ4n) is 1.41. The Bertz CT molecular complexity index is 565. The van der Waals surface area contributed by atoms with Crippen molar-refractivity contribution in [2.24, 2.45) is 0 Å². The third kappa shape index (κ3) is 2.98. The zero-order valence-corrected chi connectivity index (χ0v) is 12.0. The van der Waals surface area contributed by atoms with Gasteiger partial charge < -0.3 is 10.4 Å². The van der Waals surface area contributed by atoms with Gasteiger partial charge in [-0.2, -0.15) is 0 Å². The third-order valence-electron chi connectivity index (χ3n) is 2.29. The summed E-state index contributed by atoms with van der Waals surface area (Å²) in [6.07, 6.45) is 0. The summed E-state index contributed by atoms with van der Waals surface area (Å²) in [5.74, 6) is 0.0727. The molecule has 0 unspecified atom stereocenters. The van der Waals surface area contributed by atoms with Crippen LogP contribution >= 0.6 is 33.9 Å². The lowest BCUT2D eigenvalue weighted by Crippen LogP contribution is -2.11. The SMILES string of the molecule is Cc1cc(O)ccc1NC(=O)c1csc(I)c1. The lowest BCUT2D eigenvalue weighted by molar-refractivity contribution is 0.102. The minimum atomic E-state index is -0.127. The van der Waals surface area contributed by atoms with Crippen molar-refractivity contribution in [2.45, 2.75) is 6.92 Å². The van der Waals surface area contributed by atoms with Crippen molar-refractivity contribution in [3.8, 4) is 5.75 Å². The molecule has 3 nitrogen and oxygen atoms in total. The van der Waals surface area contributed by atoms with Gasteiger partial charge in [-0.15, -0.1) is 11.3 Å². The lowest BCUT2D eigenvalue weighted by Gasteiger charge is -2.07. The van der Waals surface area contributed by atoms with Crippen LogP contribution in [0.4, 0.5) is 5.69 Å². The molecule has 5 heteroatoms. The zero-order valence-electron chi connectivity index (χ0n) is 9.03. The molecule has 0 fully saturated rings. The number of hydrogen-bond acceptors (Lipinski definition) is 3. The van der Waals surface area contributed by atoms with Crippen LogP contribution in [0.25, 0.3) is 0 Å². The number of aromatic hydroxyl groups is 1. The van der Waals surface area contributed by atoms with Crippen LogP contribution in [-0.2, 0) is 0 Å². The predicted molar refractivity (Wildman–Crippen MR) is 77.8 cm³/mol. The van der Waals surface area contributed by atoms with Gasteiger partial charge in [-0.1, -0.05) is 0 Å². The number of anilines is 1. The van der Waals surface area contributed by atoms with Crippen LogP contribution in [0.15, 0.2) is 29.6 Å². The summed E-state index contributed by atoms with van der Waals surface area (Å²) < 4.78 is 1.08. The first kappa shape index (κ1) is 12.4. The van der Waals surface area contributed by atoms with Crippen LogP contribution in [0.5, 0.6) is 5.75 Å². The first-order chi connectivity index (χ1) is 8.06. The number of benzene rings is 1. The van der Waals surface area contributed by atoms with Crippen LogP contribution in [-0.4, -0.2) is 11.0 Å². The van der Waals surface area contributed by atoms with Gasteiger partial charge in [0.2, 0.25) is 0 Å². The highest BCUT2D eigenvalue weighted by atomic mass is 127. The normalized spacial score (nSPS) is 10.2. The van der Waals surface area contributed by atoms with Gasteiger partial charge in [0.1, 0.15) is 5.75 Å². The molecule has 0 spiro atoms. The van der Waals surface area contributed by atoms with Gasteiger partial charge in [-0.05, 0) is 59.3 Å². The third-order valence-corrected chi connectivity index (χ3v) is 4.08. The van der Waals surface area contributed by atoms with Crippen LogP contribution in [0.3, 0.4) is 0 Å². The number of thiophene rings is 1. The highest BCUT2D eigenvalue weighted by Gasteiger charge is 2.09. The Hall–Kier alpha value is -1.08. The maximum atomic E-state index is 11.9. The number of hydrogen-bond donors (Lipinski definition) is 2. The number of aryl methyl sites for hydroxylation is 1. The van der Waals surface area contributed by atoms with E-state index in [0.29, 0.717) is 11.3 Å². The maximum Gasteiger partial charge on any atom is 0.256 e. The number of phenolic OH excluding ortho intramolecular Hbond substituents is 1. The minimum Gasteiger partial charge on any atom is -0.508 e. The Kier molecular flexibility index (Phi) is 3.68. The van der Waals surface area contributed by atoms with E-state index in [9.17, 15) is 9.90 Å². The molecule has 1 heterocycles. The number of carbonyl (C=O) groups is 1. The van der Waals surface area contributed by atoms with E-state index in [-0.39, 0.29) is 11.7 Å². The second-order valence-electron chi connectivity index (χ2n) is 3.59. The largest absolute Gasteiger partial charge is 0.508 e. The first-order valence-corrected chi connectivity index (χ1v) is 6.87. The molecule has 0 atom stereocenters. The van der Waals surface area contributed by atoms with Gasteiger partial charge in [0.05, 0.1) is 8.45 Å². The standard InChI is InChI=1S/C12H10INO2S/c1-7-4-9(15)2-3-10(7)14-12(16)8-5-11(13)17-6-8/h2-6,15H,1H3,(H,14,16). The van der Waals surface area contributed by atoms with Crippen LogP contribution in [0.1, 0.15) is 15.9 Å². The quantitative estimate of drug-likeness (QED) is 0.636. The van der Waals surface area contributed by atoms with Crippen LogP contribution < -0.4 is 5.32 Å². The molecule has 88 valence electrons. The van der Waals surface area contributed by atoms with Crippen LogP contribution in [0.2, 0.25) is 0 Å². The lowest BCUT2D eigenvalue weighted by atomic mass is 10.2. The number of halogens is 1. The van der Waals surface area contributed by atoms with Gasteiger partial charge in [-0.3, -0.25) is 4.79 Å². The summed E-state index contributed by atoms with van der Waals surface area (Å²) in [5, 5.41) is 13.9.